The maximum absolute atomic E-state index is 11.9. The summed E-state index contributed by atoms with van der Waals surface area (Å²) in [7, 11) is 1.20. The minimum Gasteiger partial charge on any atom is -0.467 e. The second-order valence-electron chi connectivity index (χ2n) is 9.16. The van der Waals surface area contributed by atoms with Crippen LogP contribution in [0.5, 0.6) is 0 Å². The van der Waals surface area contributed by atoms with Crippen LogP contribution in [0.15, 0.2) is 0 Å². The highest BCUT2D eigenvalue weighted by atomic mass is 32.9. The van der Waals surface area contributed by atoms with Gasteiger partial charge in [-0.05, 0) is 66.2 Å². The molecular weight excluding hydrogens is 491 g/mol. The summed E-state index contributed by atoms with van der Waals surface area (Å²) in [5, 5.41) is 5.10. The van der Waals surface area contributed by atoms with E-state index in [0.717, 1.165) is 25.7 Å². The Kier molecular flexibility index (Phi) is 14.5. The van der Waals surface area contributed by atoms with Crippen LogP contribution in [0.4, 0.5) is 9.59 Å². The zero-order chi connectivity index (χ0) is 25.7. The maximum Gasteiger partial charge on any atom is 0.408 e. The largest absolute Gasteiger partial charge is 0.467 e. The molecule has 1 unspecified atom stereocenters. The molecule has 2 N–H and O–H groups in total. The summed E-state index contributed by atoms with van der Waals surface area (Å²) in [6.07, 6.45) is 2.08. The monoisotopic (exact) mass is 530 g/mol. The molecule has 0 aliphatic heterocycles. The van der Waals surface area contributed by atoms with Crippen molar-refractivity contribution in [1.29, 1.82) is 0 Å². The highest BCUT2D eigenvalue weighted by Crippen LogP contribution is 2.53. The number of rotatable bonds is 13. The van der Waals surface area contributed by atoms with Crippen molar-refractivity contribution in [3.63, 3.8) is 0 Å². The highest BCUT2D eigenvalue weighted by Gasteiger charge is 2.27. The van der Waals surface area contributed by atoms with Gasteiger partial charge in [-0.3, -0.25) is 0 Å². The average molecular weight is 531 g/mol. The first-order chi connectivity index (χ1) is 15.0. The summed E-state index contributed by atoms with van der Waals surface area (Å²) in [4.78, 5) is 35.4. The number of esters is 1. The number of ether oxygens (including phenoxy) is 3. The SMILES string of the molecule is COC(=O)[C@H](COP(=S)(S)OCCCCCCNC(=O)OC(C)(C)C)NC(=O)OC(C)(C)C. The number of methoxy groups -OCH3 is 1. The van der Waals surface area contributed by atoms with Crippen molar-refractivity contribution < 1.29 is 37.6 Å². The van der Waals surface area contributed by atoms with Crippen molar-refractivity contribution in [2.45, 2.75) is 84.5 Å². The van der Waals surface area contributed by atoms with E-state index in [4.69, 9.17) is 30.3 Å². The van der Waals surface area contributed by atoms with Gasteiger partial charge < -0.3 is 33.9 Å². The topological polar surface area (TPSA) is 121 Å². The van der Waals surface area contributed by atoms with Gasteiger partial charge >= 0.3 is 18.2 Å². The first kappa shape index (κ1) is 31.9. The molecule has 0 bridgehead atoms. The smallest absolute Gasteiger partial charge is 0.408 e. The first-order valence-corrected chi connectivity index (χ1v) is 14.5. The van der Waals surface area contributed by atoms with Crippen LogP contribution < -0.4 is 10.6 Å². The number of nitrogens with one attached hydrogen (secondary N) is 2. The van der Waals surface area contributed by atoms with Gasteiger partial charge in [-0.2, -0.15) is 0 Å². The normalized spacial score (nSPS) is 14.5. The van der Waals surface area contributed by atoms with Gasteiger partial charge in [0.05, 0.1) is 20.3 Å². The molecule has 0 rings (SSSR count). The molecule has 0 aromatic carbocycles. The van der Waals surface area contributed by atoms with Gasteiger partial charge in [-0.25, -0.2) is 14.4 Å². The molecule has 2 atom stereocenters. The second-order valence-corrected chi connectivity index (χ2v) is 14.4. The summed E-state index contributed by atoms with van der Waals surface area (Å²) in [5.41, 5.74) is -4.16. The zero-order valence-corrected chi connectivity index (χ0v) is 23.2. The molecule has 0 aromatic heterocycles. The Morgan fingerprint density at radius 1 is 0.909 bits per heavy atom. The van der Waals surface area contributed by atoms with Crippen molar-refractivity contribution >= 4 is 47.9 Å². The van der Waals surface area contributed by atoms with E-state index in [0.29, 0.717) is 13.2 Å². The predicted octanol–water partition coefficient (Wildman–Crippen LogP) is 4.33. The molecule has 0 heterocycles. The van der Waals surface area contributed by atoms with Crippen LogP contribution in [0.25, 0.3) is 0 Å². The van der Waals surface area contributed by atoms with Gasteiger partial charge in [0.1, 0.15) is 11.2 Å². The molecule has 0 saturated carbocycles. The fourth-order valence-electron chi connectivity index (χ4n) is 2.23. The van der Waals surface area contributed by atoms with Crippen LogP contribution in [-0.4, -0.2) is 62.3 Å². The van der Waals surface area contributed by atoms with Crippen molar-refractivity contribution in [1.82, 2.24) is 10.6 Å². The van der Waals surface area contributed by atoms with E-state index in [1.807, 2.05) is 20.8 Å². The number of carbonyl (C=O) groups excluding carboxylic acids is 3. The molecular formula is C20H39N2O8PS2. The van der Waals surface area contributed by atoms with Gasteiger partial charge in [0.25, 0.3) is 0 Å². The molecule has 0 aromatic rings. The third kappa shape index (κ3) is 19.0. The van der Waals surface area contributed by atoms with Crippen molar-refractivity contribution in [3.8, 4) is 0 Å². The number of thiol groups is 1. The fourth-order valence-corrected chi connectivity index (χ4v) is 3.85. The zero-order valence-electron chi connectivity index (χ0n) is 20.6. The fraction of sp³-hybridized carbons (Fsp3) is 0.850. The molecule has 0 aliphatic rings. The minimum absolute atomic E-state index is 0.261. The lowest BCUT2D eigenvalue weighted by Gasteiger charge is -2.24. The third-order valence-electron chi connectivity index (χ3n) is 3.57. The summed E-state index contributed by atoms with van der Waals surface area (Å²) in [6.45, 7) is 11.2. The maximum atomic E-state index is 11.9. The van der Waals surface area contributed by atoms with Crippen LogP contribution in [-0.2, 0) is 39.9 Å². The summed E-state index contributed by atoms with van der Waals surface area (Å²) in [5.74, 6) is -0.704. The number of amides is 2. The molecule has 0 radical (unpaired) electrons. The van der Waals surface area contributed by atoms with E-state index in [1.54, 1.807) is 20.8 Å². The molecule has 0 saturated heterocycles. The molecule has 0 aliphatic carbocycles. The highest BCUT2D eigenvalue weighted by molar-refractivity contribution is 8.60. The summed E-state index contributed by atoms with van der Waals surface area (Å²) >= 11 is 9.51. The van der Waals surface area contributed by atoms with Crippen molar-refractivity contribution in [2.24, 2.45) is 0 Å². The number of hydrogen-bond donors (Lipinski definition) is 3. The Hall–Kier alpha value is -1.07. The van der Waals surface area contributed by atoms with Gasteiger partial charge in [-0.1, -0.05) is 25.1 Å². The average Bonchev–Trinajstić information content (AvgIpc) is 2.63. The Bertz CT molecular complexity index is 680. The molecule has 10 nitrogen and oxygen atoms in total. The number of unbranched alkanes of at least 4 members (excludes halogenated alkanes) is 3. The minimum atomic E-state index is -2.92. The van der Waals surface area contributed by atoms with E-state index in [9.17, 15) is 14.4 Å². The molecule has 13 heteroatoms. The van der Waals surface area contributed by atoms with Crippen molar-refractivity contribution in [2.75, 3.05) is 26.9 Å². The van der Waals surface area contributed by atoms with E-state index in [1.165, 1.54) is 7.11 Å². The van der Waals surface area contributed by atoms with Gasteiger partial charge in [-0.15, -0.1) is 0 Å². The predicted molar refractivity (Wildman–Crippen MR) is 133 cm³/mol. The van der Waals surface area contributed by atoms with Crippen LogP contribution in [0.3, 0.4) is 0 Å². The lowest BCUT2D eigenvalue weighted by atomic mass is 10.2. The van der Waals surface area contributed by atoms with Crippen LogP contribution in [0.2, 0.25) is 0 Å². The van der Waals surface area contributed by atoms with E-state index >= 15 is 0 Å². The molecule has 194 valence electrons. The third-order valence-corrected chi connectivity index (χ3v) is 5.88. The Morgan fingerprint density at radius 2 is 1.45 bits per heavy atom. The van der Waals surface area contributed by atoms with Gasteiger partial charge in [0.15, 0.2) is 6.04 Å². The molecule has 0 spiro atoms. The Balaban J connectivity index is 4.19. The van der Waals surface area contributed by atoms with Gasteiger partial charge in [0.2, 0.25) is 5.69 Å². The molecule has 33 heavy (non-hydrogen) atoms. The molecule has 2 amide bonds. The van der Waals surface area contributed by atoms with E-state index in [2.05, 4.69) is 27.6 Å². The molecule has 0 fully saturated rings. The van der Waals surface area contributed by atoms with E-state index < -0.39 is 41.1 Å². The lowest BCUT2D eigenvalue weighted by Crippen LogP contribution is -2.46. The summed E-state index contributed by atoms with van der Waals surface area (Å²) < 4.78 is 26.0. The number of alkyl carbamates (subject to hydrolysis) is 2. The standard InChI is InChI=1S/C20H39N2O8PS2/c1-19(2,3)29-17(24)21-12-10-8-9-11-13-27-31(32,33)28-14-15(16(23)26-7)22-18(25)30-20(4,5)6/h15H,8-14H2,1-7H3,(H,21,24)(H,22,25)(H,32,33)/t15-/m0/s1. The van der Waals surface area contributed by atoms with Crippen LogP contribution in [0.1, 0.15) is 67.2 Å². The lowest BCUT2D eigenvalue weighted by molar-refractivity contribution is -0.143. The van der Waals surface area contributed by atoms with Gasteiger partial charge in [0, 0.05) is 6.54 Å². The number of carbonyl (C=O) groups is 3. The Morgan fingerprint density at radius 3 is 2.00 bits per heavy atom. The quantitative estimate of drug-likeness (QED) is 0.105. The number of hydrogen-bond acceptors (Lipinski definition) is 9. The van der Waals surface area contributed by atoms with Crippen molar-refractivity contribution in [3.05, 3.63) is 0 Å². The van der Waals surface area contributed by atoms with Crippen LogP contribution in [0, 0.1) is 0 Å². The second kappa shape index (κ2) is 15.0. The summed E-state index contributed by atoms with van der Waals surface area (Å²) in [6, 6.07) is -1.11. The first-order valence-electron chi connectivity index (χ1n) is 10.7. The van der Waals surface area contributed by atoms with Crippen LogP contribution >= 0.6 is 17.9 Å². The van der Waals surface area contributed by atoms with E-state index in [-0.39, 0.29) is 6.61 Å². The Labute approximate surface area is 207 Å².